The Bertz CT molecular complexity index is 443. The van der Waals surface area contributed by atoms with Crippen molar-refractivity contribution in [2.45, 2.75) is 51.0 Å². The van der Waals surface area contributed by atoms with Crippen LogP contribution in [0.3, 0.4) is 0 Å². The van der Waals surface area contributed by atoms with E-state index in [4.69, 9.17) is 0 Å². The second-order valence-corrected chi connectivity index (χ2v) is 6.02. The molecule has 4 nitrogen and oxygen atoms in total. The Morgan fingerprint density at radius 3 is 2.42 bits per heavy atom. The lowest BCUT2D eigenvalue weighted by Crippen LogP contribution is -2.21. The van der Waals surface area contributed by atoms with Crippen LogP contribution in [-0.2, 0) is 0 Å². The summed E-state index contributed by atoms with van der Waals surface area (Å²) in [5.74, 6) is 0. The van der Waals surface area contributed by atoms with Gasteiger partial charge in [0.25, 0.3) is 5.69 Å². The third-order valence-electron chi connectivity index (χ3n) is 3.62. The Kier molecular flexibility index (Phi) is 5.19. The van der Waals surface area contributed by atoms with E-state index in [2.05, 4.69) is 21.2 Å². The standard InChI is InChI=1S/C14H19BrN2O2/c15-11-8-9-13(14(10-11)17(18)19)16-12-6-4-2-1-3-5-7-12/h8-10,12,16H,1-7H2. The lowest BCUT2D eigenvalue weighted by Gasteiger charge is -2.22. The molecule has 1 aliphatic rings. The molecule has 19 heavy (non-hydrogen) atoms. The monoisotopic (exact) mass is 326 g/mol. The van der Waals surface area contributed by atoms with E-state index in [1.54, 1.807) is 12.1 Å². The van der Waals surface area contributed by atoms with Gasteiger partial charge in [0.1, 0.15) is 5.69 Å². The van der Waals surface area contributed by atoms with Gasteiger partial charge in [-0.15, -0.1) is 0 Å². The molecule has 2 rings (SSSR count). The first-order valence-electron chi connectivity index (χ1n) is 6.87. The largest absolute Gasteiger partial charge is 0.377 e. The molecule has 0 radical (unpaired) electrons. The number of rotatable bonds is 3. The molecular weight excluding hydrogens is 308 g/mol. The molecule has 1 aliphatic carbocycles. The van der Waals surface area contributed by atoms with Crippen LogP contribution in [-0.4, -0.2) is 11.0 Å². The maximum absolute atomic E-state index is 11.1. The zero-order valence-electron chi connectivity index (χ0n) is 10.9. The summed E-state index contributed by atoms with van der Waals surface area (Å²) in [6, 6.07) is 5.56. The topological polar surface area (TPSA) is 55.2 Å². The summed E-state index contributed by atoms with van der Waals surface area (Å²) in [5.41, 5.74) is 0.787. The van der Waals surface area contributed by atoms with Crippen molar-refractivity contribution in [2.24, 2.45) is 0 Å². The molecule has 1 N–H and O–H groups in total. The molecule has 0 spiro atoms. The number of anilines is 1. The first-order valence-corrected chi connectivity index (χ1v) is 7.66. The average Bonchev–Trinajstić information content (AvgIpc) is 2.34. The van der Waals surface area contributed by atoms with Crippen LogP contribution >= 0.6 is 15.9 Å². The van der Waals surface area contributed by atoms with Crippen molar-refractivity contribution in [3.05, 3.63) is 32.8 Å². The van der Waals surface area contributed by atoms with Gasteiger partial charge in [-0.2, -0.15) is 0 Å². The van der Waals surface area contributed by atoms with E-state index >= 15 is 0 Å². The molecule has 104 valence electrons. The first-order chi connectivity index (χ1) is 9.16. The van der Waals surface area contributed by atoms with Gasteiger partial charge in [0.2, 0.25) is 0 Å². The first kappa shape index (κ1) is 14.3. The number of hydrogen-bond acceptors (Lipinski definition) is 3. The summed E-state index contributed by atoms with van der Waals surface area (Å²) in [6.45, 7) is 0. The zero-order chi connectivity index (χ0) is 13.7. The quantitative estimate of drug-likeness (QED) is 0.636. The van der Waals surface area contributed by atoms with Crippen LogP contribution in [0.5, 0.6) is 0 Å². The fraction of sp³-hybridized carbons (Fsp3) is 0.571. The van der Waals surface area contributed by atoms with Crippen molar-refractivity contribution in [3.63, 3.8) is 0 Å². The second kappa shape index (κ2) is 6.89. The van der Waals surface area contributed by atoms with Crippen molar-refractivity contribution in [1.29, 1.82) is 0 Å². The lowest BCUT2D eigenvalue weighted by atomic mass is 9.96. The van der Waals surface area contributed by atoms with Gasteiger partial charge in [-0.1, -0.05) is 48.0 Å². The highest BCUT2D eigenvalue weighted by atomic mass is 79.9. The minimum absolute atomic E-state index is 0.149. The molecule has 0 amide bonds. The van der Waals surface area contributed by atoms with Gasteiger partial charge in [0.05, 0.1) is 4.92 Å². The van der Waals surface area contributed by atoms with E-state index in [0.29, 0.717) is 11.7 Å². The van der Waals surface area contributed by atoms with Crippen molar-refractivity contribution >= 4 is 27.3 Å². The highest BCUT2D eigenvalue weighted by Crippen LogP contribution is 2.30. The molecule has 5 heteroatoms. The molecule has 0 aliphatic heterocycles. The van der Waals surface area contributed by atoms with Gasteiger partial charge in [-0.3, -0.25) is 10.1 Å². The fourth-order valence-electron chi connectivity index (χ4n) is 2.60. The molecule has 1 aromatic carbocycles. The van der Waals surface area contributed by atoms with Crippen LogP contribution in [0.15, 0.2) is 22.7 Å². The highest BCUT2D eigenvalue weighted by Gasteiger charge is 2.18. The molecule has 0 aromatic heterocycles. The predicted molar refractivity (Wildman–Crippen MR) is 80.5 cm³/mol. The minimum atomic E-state index is -0.323. The van der Waals surface area contributed by atoms with E-state index in [1.807, 2.05) is 6.07 Å². The van der Waals surface area contributed by atoms with Crippen LogP contribution in [0, 0.1) is 10.1 Å². The summed E-state index contributed by atoms with van der Waals surface area (Å²) in [5, 5.41) is 14.4. The maximum Gasteiger partial charge on any atom is 0.293 e. The Balaban J connectivity index is 2.10. The molecule has 0 heterocycles. The smallest absolute Gasteiger partial charge is 0.293 e. The van der Waals surface area contributed by atoms with E-state index in [0.717, 1.165) is 17.3 Å². The van der Waals surface area contributed by atoms with Gasteiger partial charge in [-0.25, -0.2) is 0 Å². The number of benzene rings is 1. The number of nitrogens with one attached hydrogen (secondary N) is 1. The Morgan fingerprint density at radius 2 is 1.79 bits per heavy atom. The second-order valence-electron chi connectivity index (χ2n) is 5.10. The van der Waals surface area contributed by atoms with Crippen LogP contribution in [0.25, 0.3) is 0 Å². The van der Waals surface area contributed by atoms with E-state index in [1.165, 1.54) is 32.1 Å². The third-order valence-corrected chi connectivity index (χ3v) is 4.11. The average molecular weight is 327 g/mol. The van der Waals surface area contributed by atoms with Crippen molar-refractivity contribution in [3.8, 4) is 0 Å². The minimum Gasteiger partial charge on any atom is -0.377 e. The van der Waals surface area contributed by atoms with Gasteiger partial charge in [0.15, 0.2) is 0 Å². The van der Waals surface area contributed by atoms with Gasteiger partial charge in [-0.05, 0) is 25.0 Å². The summed E-state index contributed by atoms with van der Waals surface area (Å²) < 4.78 is 0.738. The molecule has 0 bridgehead atoms. The number of nitrogens with zero attached hydrogens (tertiary/aromatic N) is 1. The van der Waals surface area contributed by atoms with Crippen molar-refractivity contribution in [1.82, 2.24) is 0 Å². The summed E-state index contributed by atoms with van der Waals surface area (Å²) in [7, 11) is 0. The van der Waals surface area contributed by atoms with Crippen LogP contribution in [0.2, 0.25) is 0 Å². The predicted octanol–water partition coefficient (Wildman–Crippen LogP) is 4.88. The molecule has 1 saturated carbocycles. The Hall–Kier alpha value is -1.10. The van der Waals surface area contributed by atoms with Gasteiger partial charge < -0.3 is 5.32 Å². The highest BCUT2D eigenvalue weighted by molar-refractivity contribution is 9.10. The summed E-state index contributed by atoms with van der Waals surface area (Å²) >= 11 is 3.28. The molecule has 1 aromatic rings. The van der Waals surface area contributed by atoms with Crippen LogP contribution < -0.4 is 5.32 Å². The van der Waals surface area contributed by atoms with E-state index < -0.39 is 0 Å². The SMILES string of the molecule is O=[N+]([O-])c1cc(Br)ccc1NC1CCCCCCC1. The zero-order valence-corrected chi connectivity index (χ0v) is 12.5. The number of nitro benzene ring substituents is 1. The third kappa shape index (κ3) is 4.20. The van der Waals surface area contributed by atoms with Crippen molar-refractivity contribution in [2.75, 3.05) is 5.32 Å². The van der Waals surface area contributed by atoms with Gasteiger partial charge in [0, 0.05) is 16.6 Å². The summed E-state index contributed by atoms with van der Waals surface area (Å²) in [4.78, 5) is 10.8. The molecule has 0 atom stereocenters. The molecule has 0 unspecified atom stereocenters. The Morgan fingerprint density at radius 1 is 1.16 bits per heavy atom. The van der Waals surface area contributed by atoms with E-state index in [9.17, 15) is 10.1 Å². The van der Waals surface area contributed by atoms with Crippen LogP contribution in [0.1, 0.15) is 44.9 Å². The van der Waals surface area contributed by atoms with E-state index in [-0.39, 0.29) is 10.6 Å². The van der Waals surface area contributed by atoms with Crippen molar-refractivity contribution < 1.29 is 4.92 Å². The number of halogens is 1. The maximum atomic E-state index is 11.1. The molecule has 1 fully saturated rings. The Labute approximate surface area is 121 Å². The lowest BCUT2D eigenvalue weighted by molar-refractivity contribution is -0.384. The molecular formula is C14H19BrN2O2. The number of nitro groups is 1. The van der Waals surface area contributed by atoms with Crippen LogP contribution in [0.4, 0.5) is 11.4 Å². The molecule has 0 saturated heterocycles. The fourth-order valence-corrected chi connectivity index (χ4v) is 2.95. The van der Waals surface area contributed by atoms with Gasteiger partial charge >= 0.3 is 0 Å². The number of hydrogen-bond donors (Lipinski definition) is 1. The summed E-state index contributed by atoms with van der Waals surface area (Å²) in [6.07, 6.45) is 8.51. The normalized spacial score (nSPS) is 17.5.